The SMILES string of the molecule is CCN1CCN([C@H](c2cccs2)[C@@H](C)NC(=O)C(=O)NCc2ccco2)CC1. The Balaban J connectivity index is 1.60. The number of carbonyl (C=O) groups is 2. The topological polar surface area (TPSA) is 77.8 Å². The number of amides is 2. The van der Waals surface area contributed by atoms with Crippen molar-refractivity contribution in [3.63, 3.8) is 0 Å². The molecule has 0 unspecified atom stereocenters. The van der Waals surface area contributed by atoms with Crippen LogP contribution in [0.4, 0.5) is 0 Å². The molecule has 28 heavy (non-hydrogen) atoms. The van der Waals surface area contributed by atoms with E-state index in [1.165, 1.54) is 11.1 Å². The Morgan fingerprint density at radius 3 is 2.57 bits per heavy atom. The molecule has 1 aliphatic heterocycles. The van der Waals surface area contributed by atoms with E-state index in [1.807, 2.05) is 13.0 Å². The molecule has 0 spiro atoms. The first-order valence-electron chi connectivity index (χ1n) is 9.69. The van der Waals surface area contributed by atoms with Gasteiger partial charge in [0.05, 0.1) is 18.8 Å². The zero-order chi connectivity index (χ0) is 19.9. The van der Waals surface area contributed by atoms with Crippen molar-refractivity contribution in [1.82, 2.24) is 20.4 Å². The van der Waals surface area contributed by atoms with Crippen molar-refractivity contribution in [2.24, 2.45) is 0 Å². The first-order chi connectivity index (χ1) is 13.6. The molecule has 2 amide bonds. The fourth-order valence-corrected chi connectivity index (χ4v) is 4.54. The fourth-order valence-electron chi connectivity index (χ4n) is 3.57. The van der Waals surface area contributed by atoms with Crippen molar-refractivity contribution >= 4 is 23.2 Å². The highest BCUT2D eigenvalue weighted by Crippen LogP contribution is 2.29. The van der Waals surface area contributed by atoms with Crippen LogP contribution in [0.5, 0.6) is 0 Å². The molecule has 2 aromatic rings. The van der Waals surface area contributed by atoms with Gasteiger partial charge in [0, 0.05) is 37.1 Å². The molecule has 2 N–H and O–H groups in total. The minimum Gasteiger partial charge on any atom is -0.467 e. The van der Waals surface area contributed by atoms with Crippen LogP contribution in [0, 0.1) is 0 Å². The van der Waals surface area contributed by atoms with E-state index in [2.05, 4.69) is 38.8 Å². The number of nitrogens with zero attached hydrogens (tertiary/aromatic N) is 2. The summed E-state index contributed by atoms with van der Waals surface area (Å²) in [7, 11) is 0. The third-order valence-corrected chi connectivity index (χ3v) is 6.07. The number of furan rings is 1. The second kappa shape index (κ2) is 9.86. The number of rotatable bonds is 7. The highest BCUT2D eigenvalue weighted by Gasteiger charge is 2.31. The summed E-state index contributed by atoms with van der Waals surface area (Å²) < 4.78 is 5.17. The van der Waals surface area contributed by atoms with Crippen LogP contribution in [0.15, 0.2) is 40.3 Å². The van der Waals surface area contributed by atoms with E-state index in [-0.39, 0.29) is 18.6 Å². The number of hydrogen-bond acceptors (Lipinski definition) is 6. The van der Waals surface area contributed by atoms with Crippen LogP contribution < -0.4 is 10.6 Å². The summed E-state index contributed by atoms with van der Waals surface area (Å²) in [6.07, 6.45) is 1.54. The molecule has 2 aromatic heterocycles. The molecule has 3 rings (SSSR count). The molecule has 0 saturated carbocycles. The summed E-state index contributed by atoms with van der Waals surface area (Å²) in [6.45, 7) is 9.32. The molecule has 1 fully saturated rings. The summed E-state index contributed by atoms with van der Waals surface area (Å²) in [5.74, 6) is -0.656. The van der Waals surface area contributed by atoms with Crippen molar-refractivity contribution in [2.75, 3.05) is 32.7 Å². The maximum absolute atomic E-state index is 12.4. The first kappa shape index (κ1) is 20.6. The van der Waals surface area contributed by atoms with Gasteiger partial charge in [0.2, 0.25) is 0 Å². The minimum atomic E-state index is -0.649. The smallest absolute Gasteiger partial charge is 0.309 e. The molecular formula is C20H28N4O3S. The molecule has 1 saturated heterocycles. The third kappa shape index (κ3) is 5.21. The van der Waals surface area contributed by atoms with Gasteiger partial charge in [-0.2, -0.15) is 0 Å². The van der Waals surface area contributed by atoms with Crippen LogP contribution in [0.3, 0.4) is 0 Å². The first-order valence-corrected chi connectivity index (χ1v) is 10.6. The molecule has 152 valence electrons. The summed E-state index contributed by atoms with van der Waals surface area (Å²) in [5, 5.41) is 7.54. The molecule has 3 heterocycles. The van der Waals surface area contributed by atoms with Crippen molar-refractivity contribution in [2.45, 2.75) is 32.5 Å². The van der Waals surface area contributed by atoms with Gasteiger partial charge in [0.1, 0.15) is 5.76 Å². The standard InChI is InChI=1S/C20H28N4O3S/c1-3-23-8-10-24(11-9-23)18(17-7-5-13-28-17)15(2)22-20(26)19(25)21-14-16-6-4-12-27-16/h4-7,12-13,15,18H,3,8-11,14H2,1-2H3,(H,21,25)(H,22,26)/t15-,18+/m1/s1. The lowest BCUT2D eigenvalue weighted by Crippen LogP contribution is -2.53. The largest absolute Gasteiger partial charge is 0.467 e. The van der Waals surface area contributed by atoms with E-state index in [9.17, 15) is 9.59 Å². The highest BCUT2D eigenvalue weighted by molar-refractivity contribution is 7.10. The number of piperazine rings is 1. The predicted molar refractivity (Wildman–Crippen MR) is 109 cm³/mol. The predicted octanol–water partition coefficient (Wildman–Crippen LogP) is 1.84. The van der Waals surface area contributed by atoms with Gasteiger partial charge in [-0.3, -0.25) is 14.5 Å². The fraction of sp³-hybridized carbons (Fsp3) is 0.500. The lowest BCUT2D eigenvalue weighted by Gasteiger charge is -2.41. The molecule has 0 radical (unpaired) electrons. The number of likely N-dealkylation sites (N-methyl/N-ethyl adjacent to an activating group) is 1. The quantitative estimate of drug-likeness (QED) is 0.689. The van der Waals surface area contributed by atoms with Gasteiger partial charge >= 0.3 is 11.8 Å². The second-order valence-corrected chi connectivity index (χ2v) is 7.93. The minimum absolute atomic E-state index is 0.0563. The molecule has 2 atom stereocenters. The second-order valence-electron chi connectivity index (χ2n) is 6.95. The lowest BCUT2D eigenvalue weighted by atomic mass is 10.0. The highest BCUT2D eigenvalue weighted by atomic mass is 32.1. The van der Waals surface area contributed by atoms with Gasteiger partial charge in [-0.1, -0.05) is 13.0 Å². The van der Waals surface area contributed by atoms with Gasteiger partial charge < -0.3 is 20.0 Å². The van der Waals surface area contributed by atoms with Gasteiger partial charge in [0.15, 0.2) is 0 Å². The maximum Gasteiger partial charge on any atom is 0.309 e. The Morgan fingerprint density at radius 1 is 1.18 bits per heavy atom. The average molecular weight is 405 g/mol. The van der Waals surface area contributed by atoms with Gasteiger partial charge in [0.25, 0.3) is 0 Å². The zero-order valence-corrected chi connectivity index (χ0v) is 17.2. The van der Waals surface area contributed by atoms with Gasteiger partial charge in [-0.15, -0.1) is 11.3 Å². The van der Waals surface area contributed by atoms with E-state index in [4.69, 9.17) is 4.42 Å². The molecule has 0 aliphatic carbocycles. The van der Waals surface area contributed by atoms with Crippen LogP contribution in [-0.4, -0.2) is 60.4 Å². The summed E-state index contributed by atoms with van der Waals surface area (Å²) in [6, 6.07) is 7.49. The van der Waals surface area contributed by atoms with Crippen molar-refractivity contribution in [3.8, 4) is 0 Å². The van der Waals surface area contributed by atoms with Gasteiger partial charge in [-0.05, 0) is 37.0 Å². The van der Waals surface area contributed by atoms with E-state index in [0.717, 1.165) is 32.7 Å². The number of hydrogen-bond donors (Lipinski definition) is 2. The van der Waals surface area contributed by atoms with Gasteiger partial charge in [-0.25, -0.2) is 0 Å². The zero-order valence-electron chi connectivity index (χ0n) is 16.4. The number of thiophene rings is 1. The normalized spacial score (nSPS) is 17.8. The molecule has 1 aliphatic rings. The summed E-state index contributed by atoms with van der Waals surface area (Å²) in [4.78, 5) is 30.6. The Bertz CT molecular complexity index is 740. The third-order valence-electron chi connectivity index (χ3n) is 5.12. The Kier molecular flexibility index (Phi) is 7.24. The van der Waals surface area contributed by atoms with Crippen molar-refractivity contribution in [1.29, 1.82) is 0 Å². The van der Waals surface area contributed by atoms with E-state index in [1.54, 1.807) is 23.5 Å². The van der Waals surface area contributed by atoms with Crippen LogP contribution in [-0.2, 0) is 16.1 Å². The van der Waals surface area contributed by atoms with Crippen LogP contribution in [0.25, 0.3) is 0 Å². The van der Waals surface area contributed by atoms with Crippen LogP contribution in [0.1, 0.15) is 30.5 Å². The number of nitrogens with one attached hydrogen (secondary N) is 2. The lowest BCUT2D eigenvalue weighted by molar-refractivity contribution is -0.140. The van der Waals surface area contributed by atoms with E-state index in [0.29, 0.717) is 5.76 Å². The van der Waals surface area contributed by atoms with Crippen LogP contribution >= 0.6 is 11.3 Å². The molecule has 8 heteroatoms. The maximum atomic E-state index is 12.4. The van der Waals surface area contributed by atoms with Crippen molar-refractivity contribution < 1.29 is 14.0 Å². The Morgan fingerprint density at radius 2 is 1.96 bits per heavy atom. The molecule has 7 nitrogen and oxygen atoms in total. The van der Waals surface area contributed by atoms with Crippen molar-refractivity contribution in [3.05, 3.63) is 46.5 Å². The Hall–Kier alpha value is -2.16. The van der Waals surface area contributed by atoms with E-state index < -0.39 is 11.8 Å². The summed E-state index contributed by atoms with van der Waals surface area (Å²) >= 11 is 1.68. The monoisotopic (exact) mass is 404 g/mol. The average Bonchev–Trinajstić information content (AvgIpc) is 3.41. The molecular weight excluding hydrogens is 376 g/mol. The molecule has 0 aromatic carbocycles. The van der Waals surface area contributed by atoms with Crippen LogP contribution in [0.2, 0.25) is 0 Å². The number of carbonyl (C=O) groups excluding carboxylic acids is 2. The summed E-state index contributed by atoms with van der Waals surface area (Å²) in [5.41, 5.74) is 0. The van der Waals surface area contributed by atoms with E-state index >= 15 is 0 Å². The molecule has 0 bridgehead atoms. The Labute approximate surface area is 169 Å².